The van der Waals surface area contributed by atoms with Crippen molar-refractivity contribution >= 4 is 5.82 Å². The van der Waals surface area contributed by atoms with Gasteiger partial charge in [-0.3, -0.25) is 4.90 Å². The van der Waals surface area contributed by atoms with Gasteiger partial charge in [0.15, 0.2) is 0 Å². The minimum atomic E-state index is -0.223. The summed E-state index contributed by atoms with van der Waals surface area (Å²) in [6, 6.07) is 5.74. The van der Waals surface area contributed by atoms with Crippen LogP contribution in [0.2, 0.25) is 0 Å². The number of β-amino-alcohol motifs (C(OH)–C–C–N with tert-alkyl or cyclic N) is 1. The molecule has 0 spiro atoms. The standard InChI is InChI=1S/C12H20N4O/c1-9-5-6-16(8-11(9)17)7-10-3-2-4-12(14-10)15-13/h2-4,9,11,17H,5-8,13H2,1H3,(H,14,15). The Balaban J connectivity index is 1.96. The fourth-order valence-electron chi connectivity index (χ4n) is 2.14. The molecule has 5 heteroatoms. The Kier molecular flexibility index (Phi) is 3.93. The van der Waals surface area contributed by atoms with E-state index in [-0.39, 0.29) is 6.10 Å². The number of hydrazine groups is 1. The van der Waals surface area contributed by atoms with Gasteiger partial charge in [0.05, 0.1) is 11.8 Å². The van der Waals surface area contributed by atoms with E-state index >= 15 is 0 Å². The molecular weight excluding hydrogens is 216 g/mol. The molecule has 2 atom stereocenters. The summed E-state index contributed by atoms with van der Waals surface area (Å²) >= 11 is 0. The van der Waals surface area contributed by atoms with Gasteiger partial charge in [0.25, 0.3) is 0 Å². The van der Waals surface area contributed by atoms with Crippen molar-refractivity contribution in [1.29, 1.82) is 0 Å². The first-order valence-electron chi connectivity index (χ1n) is 6.02. The normalized spacial score (nSPS) is 25.8. The number of hydrogen-bond donors (Lipinski definition) is 3. The molecule has 4 N–H and O–H groups in total. The van der Waals surface area contributed by atoms with Gasteiger partial charge >= 0.3 is 0 Å². The molecule has 2 unspecified atom stereocenters. The van der Waals surface area contributed by atoms with Crippen molar-refractivity contribution < 1.29 is 5.11 Å². The second kappa shape index (κ2) is 5.44. The van der Waals surface area contributed by atoms with Crippen LogP contribution in [0.1, 0.15) is 19.0 Å². The lowest BCUT2D eigenvalue weighted by atomic mass is 9.96. The summed E-state index contributed by atoms with van der Waals surface area (Å²) in [5.74, 6) is 6.40. The van der Waals surface area contributed by atoms with E-state index in [2.05, 4.69) is 22.2 Å². The van der Waals surface area contributed by atoms with Gasteiger partial charge in [-0.15, -0.1) is 0 Å². The molecule has 5 nitrogen and oxygen atoms in total. The maximum Gasteiger partial charge on any atom is 0.140 e. The third-order valence-electron chi connectivity index (χ3n) is 3.34. The number of anilines is 1. The van der Waals surface area contributed by atoms with Gasteiger partial charge < -0.3 is 10.5 Å². The van der Waals surface area contributed by atoms with E-state index in [1.54, 1.807) is 0 Å². The van der Waals surface area contributed by atoms with E-state index in [1.807, 2.05) is 18.2 Å². The maximum absolute atomic E-state index is 9.83. The first-order valence-corrected chi connectivity index (χ1v) is 6.02. The zero-order valence-electron chi connectivity index (χ0n) is 10.1. The van der Waals surface area contributed by atoms with Crippen molar-refractivity contribution in [3.8, 4) is 0 Å². The number of piperidine rings is 1. The molecule has 17 heavy (non-hydrogen) atoms. The number of aliphatic hydroxyl groups is 1. The number of aliphatic hydroxyl groups excluding tert-OH is 1. The quantitative estimate of drug-likeness (QED) is 0.528. The van der Waals surface area contributed by atoms with Gasteiger partial charge in [-0.1, -0.05) is 13.0 Å². The van der Waals surface area contributed by atoms with Crippen LogP contribution >= 0.6 is 0 Å². The van der Waals surface area contributed by atoms with Crippen LogP contribution < -0.4 is 11.3 Å². The number of nitrogens with one attached hydrogen (secondary N) is 1. The predicted octanol–water partition coefficient (Wildman–Crippen LogP) is 0.570. The molecule has 2 heterocycles. The van der Waals surface area contributed by atoms with Crippen molar-refractivity contribution in [2.45, 2.75) is 26.0 Å². The van der Waals surface area contributed by atoms with Crippen LogP contribution in [0.15, 0.2) is 18.2 Å². The van der Waals surface area contributed by atoms with Gasteiger partial charge in [-0.05, 0) is 31.0 Å². The Labute approximate surface area is 102 Å². The monoisotopic (exact) mass is 236 g/mol. The fraction of sp³-hybridized carbons (Fsp3) is 0.583. The minimum Gasteiger partial charge on any atom is -0.392 e. The third-order valence-corrected chi connectivity index (χ3v) is 3.34. The average molecular weight is 236 g/mol. The van der Waals surface area contributed by atoms with Crippen LogP contribution in [0, 0.1) is 5.92 Å². The largest absolute Gasteiger partial charge is 0.392 e. The number of nitrogens with zero attached hydrogens (tertiary/aromatic N) is 2. The van der Waals surface area contributed by atoms with E-state index in [1.165, 1.54) is 0 Å². The van der Waals surface area contributed by atoms with Crippen molar-refractivity contribution in [3.05, 3.63) is 23.9 Å². The number of hydrogen-bond acceptors (Lipinski definition) is 5. The number of likely N-dealkylation sites (tertiary alicyclic amines) is 1. The number of pyridine rings is 1. The van der Waals surface area contributed by atoms with Crippen LogP contribution in [0.4, 0.5) is 5.82 Å². The van der Waals surface area contributed by atoms with Crippen LogP contribution in [0.25, 0.3) is 0 Å². The molecule has 0 bridgehead atoms. The van der Waals surface area contributed by atoms with Gasteiger partial charge in [0.2, 0.25) is 0 Å². The highest BCUT2D eigenvalue weighted by Crippen LogP contribution is 2.18. The molecule has 0 aliphatic carbocycles. The Hall–Kier alpha value is -1.17. The molecule has 2 rings (SSSR count). The first-order chi connectivity index (χ1) is 8.19. The second-order valence-corrected chi connectivity index (χ2v) is 4.73. The van der Waals surface area contributed by atoms with E-state index in [0.717, 1.165) is 31.7 Å². The Morgan fingerprint density at radius 1 is 1.59 bits per heavy atom. The zero-order valence-corrected chi connectivity index (χ0v) is 10.1. The third kappa shape index (κ3) is 3.15. The Morgan fingerprint density at radius 3 is 3.12 bits per heavy atom. The smallest absolute Gasteiger partial charge is 0.140 e. The summed E-state index contributed by atoms with van der Waals surface area (Å²) in [5, 5.41) is 9.83. The molecule has 0 saturated carbocycles. The van der Waals surface area contributed by atoms with Crippen LogP contribution in [0.5, 0.6) is 0 Å². The van der Waals surface area contributed by atoms with Crippen molar-refractivity contribution in [3.63, 3.8) is 0 Å². The molecule has 1 aromatic heterocycles. The van der Waals surface area contributed by atoms with Crippen LogP contribution in [-0.2, 0) is 6.54 Å². The summed E-state index contributed by atoms with van der Waals surface area (Å²) in [6.45, 7) is 4.60. The SMILES string of the molecule is CC1CCN(Cc2cccc(NN)n2)CC1O. The molecule has 1 aliphatic rings. The molecule has 1 saturated heterocycles. The maximum atomic E-state index is 9.83. The summed E-state index contributed by atoms with van der Waals surface area (Å²) in [7, 11) is 0. The Morgan fingerprint density at radius 2 is 2.41 bits per heavy atom. The summed E-state index contributed by atoms with van der Waals surface area (Å²) in [6.07, 6.45) is 0.815. The number of rotatable bonds is 3. The lowest BCUT2D eigenvalue weighted by molar-refractivity contribution is 0.0254. The van der Waals surface area contributed by atoms with Crippen molar-refractivity contribution in [2.24, 2.45) is 11.8 Å². The average Bonchev–Trinajstić information content (AvgIpc) is 2.34. The highest BCUT2D eigenvalue weighted by molar-refractivity contribution is 5.33. The van der Waals surface area contributed by atoms with E-state index in [0.29, 0.717) is 11.7 Å². The molecule has 0 aromatic carbocycles. The molecule has 0 radical (unpaired) electrons. The molecule has 0 amide bonds. The Bertz CT molecular complexity index is 371. The first kappa shape index (κ1) is 12.3. The van der Waals surface area contributed by atoms with E-state index < -0.39 is 0 Å². The van der Waals surface area contributed by atoms with E-state index in [9.17, 15) is 5.11 Å². The fourth-order valence-corrected chi connectivity index (χ4v) is 2.14. The summed E-state index contributed by atoms with van der Waals surface area (Å²) < 4.78 is 0. The number of nitrogen functional groups attached to an aromatic ring is 1. The summed E-state index contributed by atoms with van der Waals surface area (Å²) in [5.41, 5.74) is 3.52. The lowest BCUT2D eigenvalue weighted by Crippen LogP contribution is -2.42. The van der Waals surface area contributed by atoms with Crippen molar-refractivity contribution in [1.82, 2.24) is 9.88 Å². The zero-order chi connectivity index (χ0) is 12.3. The van der Waals surface area contributed by atoms with Gasteiger partial charge in [-0.2, -0.15) is 0 Å². The second-order valence-electron chi connectivity index (χ2n) is 4.73. The molecule has 94 valence electrons. The highest BCUT2D eigenvalue weighted by atomic mass is 16.3. The predicted molar refractivity (Wildman–Crippen MR) is 67.1 cm³/mol. The topological polar surface area (TPSA) is 74.4 Å². The van der Waals surface area contributed by atoms with E-state index in [4.69, 9.17) is 5.84 Å². The molecule has 1 fully saturated rings. The number of nitrogens with two attached hydrogens (primary N) is 1. The lowest BCUT2D eigenvalue weighted by Gasteiger charge is -2.33. The van der Waals surface area contributed by atoms with Crippen LogP contribution in [-0.4, -0.2) is 34.2 Å². The number of aromatic nitrogens is 1. The van der Waals surface area contributed by atoms with Gasteiger partial charge in [-0.25, -0.2) is 10.8 Å². The van der Waals surface area contributed by atoms with Gasteiger partial charge in [0.1, 0.15) is 5.82 Å². The molecule has 1 aromatic rings. The highest BCUT2D eigenvalue weighted by Gasteiger charge is 2.24. The van der Waals surface area contributed by atoms with Gasteiger partial charge in [0, 0.05) is 13.1 Å². The minimum absolute atomic E-state index is 0.223. The summed E-state index contributed by atoms with van der Waals surface area (Å²) in [4.78, 5) is 6.60. The molecular formula is C12H20N4O. The van der Waals surface area contributed by atoms with Crippen molar-refractivity contribution in [2.75, 3.05) is 18.5 Å². The van der Waals surface area contributed by atoms with Crippen LogP contribution in [0.3, 0.4) is 0 Å². The molecule has 1 aliphatic heterocycles.